The number of hydrogen-bond donors (Lipinski definition) is 2. The quantitative estimate of drug-likeness (QED) is 0.632. The number of ether oxygens (including phenoxy) is 1. The van der Waals surface area contributed by atoms with Crippen LogP contribution >= 0.6 is 11.6 Å². The molecule has 1 amide bonds. The normalized spacial score (nSPS) is 23.1. The zero-order chi connectivity index (χ0) is 24.3. The van der Waals surface area contributed by atoms with Crippen molar-refractivity contribution in [3.63, 3.8) is 0 Å². The summed E-state index contributed by atoms with van der Waals surface area (Å²) in [5.74, 6) is -0.550. The Morgan fingerprint density at radius 2 is 1.71 bits per heavy atom. The molecule has 182 valence electrons. The van der Waals surface area contributed by atoms with Gasteiger partial charge in [0, 0.05) is 36.0 Å². The molecule has 0 aromatic heterocycles. The Kier molecular flexibility index (Phi) is 7.55. The Labute approximate surface area is 204 Å². The third-order valence-corrected chi connectivity index (χ3v) is 7.14. The van der Waals surface area contributed by atoms with Crippen LogP contribution in [0.2, 0.25) is 5.02 Å². The fourth-order valence-electron chi connectivity index (χ4n) is 5.34. The minimum Gasteiger partial charge on any atom is -0.410 e. The van der Waals surface area contributed by atoms with Crippen LogP contribution in [0.15, 0.2) is 48.5 Å². The summed E-state index contributed by atoms with van der Waals surface area (Å²) in [5.41, 5.74) is -0.182. The number of amides is 1. The predicted octanol–water partition coefficient (Wildman–Crippen LogP) is 4.38. The molecule has 2 aromatic carbocycles. The number of benzene rings is 2. The van der Waals surface area contributed by atoms with Gasteiger partial charge in [-0.15, -0.1) is 0 Å². The van der Waals surface area contributed by atoms with Crippen LogP contribution in [0.3, 0.4) is 0 Å². The van der Waals surface area contributed by atoms with E-state index in [1.807, 2.05) is 38.1 Å². The molecule has 8 heteroatoms. The van der Waals surface area contributed by atoms with Crippen LogP contribution in [-0.4, -0.2) is 54.5 Å². The van der Waals surface area contributed by atoms with Gasteiger partial charge in [-0.2, -0.15) is 0 Å². The molecule has 34 heavy (non-hydrogen) atoms. The van der Waals surface area contributed by atoms with Crippen LogP contribution in [-0.2, 0) is 4.79 Å². The third kappa shape index (κ3) is 4.83. The second-order valence-corrected chi connectivity index (χ2v) is 9.77. The average molecular weight is 488 g/mol. The molecule has 2 fully saturated rings. The summed E-state index contributed by atoms with van der Waals surface area (Å²) in [7, 11) is 0. The molecule has 2 heterocycles. The van der Waals surface area contributed by atoms with Crippen molar-refractivity contribution in [1.29, 1.82) is 0 Å². The zero-order valence-corrected chi connectivity index (χ0v) is 20.3. The molecule has 0 unspecified atom stereocenters. The SMILES string of the molecule is CC(C)N(C(=O)Oc1ccc(F)cc1)[C@@]1(C(=O)C2CCNCC2)CNC[C@@H]1c1ccc(Cl)cc1. The lowest BCUT2D eigenvalue weighted by Crippen LogP contribution is -2.65. The second kappa shape index (κ2) is 10.4. The van der Waals surface area contributed by atoms with E-state index in [2.05, 4.69) is 10.6 Å². The molecular weight excluding hydrogens is 457 g/mol. The van der Waals surface area contributed by atoms with Gasteiger partial charge in [0.2, 0.25) is 0 Å². The Hall–Kier alpha value is -2.48. The van der Waals surface area contributed by atoms with Crippen LogP contribution in [0.4, 0.5) is 9.18 Å². The van der Waals surface area contributed by atoms with Crippen LogP contribution < -0.4 is 15.4 Å². The highest BCUT2D eigenvalue weighted by molar-refractivity contribution is 6.30. The van der Waals surface area contributed by atoms with E-state index in [0.717, 1.165) is 31.5 Å². The summed E-state index contributed by atoms with van der Waals surface area (Å²) in [5, 5.41) is 7.32. The van der Waals surface area contributed by atoms with Crippen LogP contribution in [0.5, 0.6) is 5.75 Å². The summed E-state index contributed by atoms with van der Waals surface area (Å²) >= 11 is 6.14. The lowest BCUT2D eigenvalue weighted by molar-refractivity contribution is -0.136. The summed E-state index contributed by atoms with van der Waals surface area (Å²) < 4.78 is 19.1. The highest BCUT2D eigenvalue weighted by atomic mass is 35.5. The van der Waals surface area contributed by atoms with Crippen molar-refractivity contribution < 1.29 is 18.7 Å². The van der Waals surface area contributed by atoms with Gasteiger partial charge in [-0.1, -0.05) is 23.7 Å². The smallest absolute Gasteiger partial charge is 0.410 e. The van der Waals surface area contributed by atoms with Crippen molar-refractivity contribution in [3.05, 3.63) is 64.9 Å². The Morgan fingerprint density at radius 1 is 1.06 bits per heavy atom. The fraction of sp³-hybridized carbons (Fsp3) is 0.462. The average Bonchev–Trinajstić information content (AvgIpc) is 3.26. The van der Waals surface area contributed by atoms with Gasteiger partial charge in [0.15, 0.2) is 5.78 Å². The van der Waals surface area contributed by atoms with Crippen LogP contribution in [0, 0.1) is 11.7 Å². The number of carbonyl (C=O) groups excluding carboxylic acids is 2. The largest absolute Gasteiger partial charge is 0.416 e. The topological polar surface area (TPSA) is 70.7 Å². The Balaban J connectivity index is 1.77. The number of Topliss-reactive ketones (excluding diaryl/α,β-unsaturated/α-hetero) is 1. The van der Waals surface area contributed by atoms with Gasteiger partial charge in [0.25, 0.3) is 0 Å². The molecule has 2 aliphatic heterocycles. The third-order valence-electron chi connectivity index (χ3n) is 6.89. The maximum absolute atomic E-state index is 14.3. The number of hydrogen-bond acceptors (Lipinski definition) is 5. The van der Waals surface area contributed by atoms with Gasteiger partial charge in [-0.25, -0.2) is 9.18 Å². The van der Waals surface area contributed by atoms with E-state index in [-0.39, 0.29) is 29.4 Å². The fourth-order valence-corrected chi connectivity index (χ4v) is 5.47. The molecular formula is C26H31ClFN3O3. The molecule has 2 N–H and O–H groups in total. The molecule has 0 radical (unpaired) electrons. The van der Waals surface area contributed by atoms with Crippen molar-refractivity contribution in [3.8, 4) is 5.75 Å². The molecule has 2 saturated heterocycles. The van der Waals surface area contributed by atoms with E-state index in [1.165, 1.54) is 24.3 Å². The summed E-state index contributed by atoms with van der Waals surface area (Å²) in [6.07, 6.45) is 0.839. The minimum atomic E-state index is -1.12. The predicted molar refractivity (Wildman–Crippen MR) is 130 cm³/mol. The number of carbonyl (C=O) groups is 2. The van der Waals surface area contributed by atoms with Gasteiger partial charge >= 0.3 is 6.09 Å². The Morgan fingerprint density at radius 3 is 2.32 bits per heavy atom. The van der Waals surface area contributed by atoms with Crippen molar-refractivity contribution in [2.24, 2.45) is 5.92 Å². The molecule has 4 rings (SSSR count). The first-order valence-corrected chi connectivity index (χ1v) is 12.2. The maximum atomic E-state index is 14.3. The Bertz CT molecular complexity index is 1010. The van der Waals surface area contributed by atoms with E-state index in [4.69, 9.17) is 16.3 Å². The van der Waals surface area contributed by atoms with E-state index in [0.29, 0.717) is 18.1 Å². The number of halogens is 2. The lowest BCUT2D eigenvalue weighted by Gasteiger charge is -2.47. The van der Waals surface area contributed by atoms with Crippen LogP contribution in [0.25, 0.3) is 0 Å². The van der Waals surface area contributed by atoms with E-state index < -0.39 is 17.4 Å². The number of piperidine rings is 1. The zero-order valence-electron chi connectivity index (χ0n) is 19.5. The molecule has 6 nitrogen and oxygen atoms in total. The molecule has 0 saturated carbocycles. The summed E-state index contributed by atoms with van der Waals surface area (Å²) in [4.78, 5) is 29.6. The molecule has 2 aromatic rings. The van der Waals surface area contributed by atoms with Crippen molar-refractivity contribution >= 4 is 23.5 Å². The van der Waals surface area contributed by atoms with E-state index >= 15 is 0 Å². The first kappa shape index (κ1) is 24.6. The minimum absolute atomic E-state index is 0.0590. The maximum Gasteiger partial charge on any atom is 0.416 e. The van der Waals surface area contributed by atoms with Crippen molar-refractivity contribution in [1.82, 2.24) is 15.5 Å². The number of ketones is 1. The van der Waals surface area contributed by atoms with Gasteiger partial charge in [0.1, 0.15) is 17.1 Å². The van der Waals surface area contributed by atoms with Gasteiger partial charge in [-0.05, 0) is 81.7 Å². The summed E-state index contributed by atoms with van der Waals surface area (Å²) in [6, 6.07) is 12.5. The van der Waals surface area contributed by atoms with Crippen LogP contribution in [0.1, 0.15) is 38.2 Å². The first-order chi connectivity index (χ1) is 16.3. The second-order valence-electron chi connectivity index (χ2n) is 9.33. The van der Waals surface area contributed by atoms with Crippen molar-refractivity contribution in [2.75, 3.05) is 26.2 Å². The van der Waals surface area contributed by atoms with Gasteiger partial charge in [-0.3, -0.25) is 9.69 Å². The van der Waals surface area contributed by atoms with Gasteiger partial charge < -0.3 is 15.4 Å². The number of nitrogens with zero attached hydrogens (tertiary/aromatic N) is 1. The number of rotatable bonds is 6. The number of nitrogens with one attached hydrogen (secondary N) is 2. The lowest BCUT2D eigenvalue weighted by atomic mass is 9.71. The molecule has 2 aliphatic rings. The van der Waals surface area contributed by atoms with Gasteiger partial charge in [0.05, 0.1) is 0 Å². The van der Waals surface area contributed by atoms with E-state index in [1.54, 1.807) is 4.90 Å². The highest BCUT2D eigenvalue weighted by Crippen LogP contribution is 2.42. The van der Waals surface area contributed by atoms with Crippen molar-refractivity contribution in [2.45, 2.75) is 44.2 Å². The highest BCUT2D eigenvalue weighted by Gasteiger charge is 2.58. The molecule has 0 spiro atoms. The van der Waals surface area contributed by atoms with E-state index in [9.17, 15) is 14.0 Å². The molecule has 0 aliphatic carbocycles. The summed E-state index contributed by atoms with van der Waals surface area (Å²) in [6.45, 7) is 6.20. The molecule has 0 bridgehead atoms. The standard InChI is InChI=1S/C26H31ClFN3O3/c1-17(2)31(25(33)34-22-9-7-21(28)8-10-22)26(24(32)19-11-13-29-14-12-19)16-30-15-23(26)18-3-5-20(27)6-4-18/h3-10,17,19,23,29-30H,11-16H2,1-2H3/t23-,26+/m1/s1. The first-order valence-electron chi connectivity index (χ1n) is 11.8. The molecule has 2 atom stereocenters. The monoisotopic (exact) mass is 487 g/mol.